The van der Waals surface area contributed by atoms with Crippen LogP contribution in [0.25, 0.3) is 0 Å². The van der Waals surface area contributed by atoms with E-state index >= 15 is 0 Å². The van der Waals surface area contributed by atoms with Crippen LogP contribution in [0.4, 0.5) is 11.4 Å². The van der Waals surface area contributed by atoms with E-state index in [1.54, 1.807) is 36.4 Å². The fourth-order valence-corrected chi connectivity index (χ4v) is 1.76. The Kier molecular flexibility index (Phi) is 4.74. The van der Waals surface area contributed by atoms with E-state index < -0.39 is 0 Å². The zero-order chi connectivity index (χ0) is 14.4. The first kappa shape index (κ1) is 14.1. The van der Waals surface area contributed by atoms with Gasteiger partial charge in [0.15, 0.2) is 0 Å². The molecule has 0 saturated heterocycles. The maximum atomic E-state index is 12.2. The number of hydrogen-bond donors (Lipinski definition) is 2. The van der Waals surface area contributed by atoms with E-state index in [4.69, 9.17) is 11.6 Å². The van der Waals surface area contributed by atoms with Gasteiger partial charge in [-0.25, -0.2) is 0 Å². The number of anilines is 2. The van der Waals surface area contributed by atoms with Crippen molar-refractivity contribution in [2.24, 2.45) is 0 Å². The van der Waals surface area contributed by atoms with E-state index in [9.17, 15) is 9.59 Å². The largest absolute Gasteiger partial charge is 0.324 e. The van der Waals surface area contributed by atoms with Crippen molar-refractivity contribution in [2.45, 2.75) is 0 Å². The zero-order valence-corrected chi connectivity index (χ0v) is 11.4. The van der Waals surface area contributed by atoms with Gasteiger partial charge in [0, 0.05) is 5.69 Å². The molecule has 0 radical (unpaired) electrons. The molecule has 20 heavy (non-hydrogen) atoms. The van der Waals surface area contributed by atoms with Gasteiger partial charge in [0.05, 0.1) is 11.3 Å². The molecular formula is C15H13ClN2O2. The number of para-hydroxylation sites is 2. The van der Waals surface area contributed by atoms with Gasteiger partial charge in [0.25, 0.3) is 5.91 Å². The van der Waals surface area contributed by atoms with Gasteiger partial charge < -0.3 is 10.6 Å². The number of hydrogen-bond acceptors (Lipinski definition) is 2. The van der Waals surface area contributed by atoms with Gasteiger partial charge in [-0.05, 0) is 24.3 Å². The molecule has 0 saturated carbocycles. The maximum absolute atomic E-state index is 12.2. The minimum absolute atomic E-state index is 0.158. The highest BCUT2D eigenvalue weighted by atomic mass is 35.5. The highest BCUT2D eigenvalue weighted by Crippen LogP contribution is 2.17. The van der Waals surface area contributed by atoms with Crippen LogP contribution in [0.15, 0.2) is 54.6 Å². The van der Waals surface area contributed by atoms with Crippen molar-refractivity contribution in [1.82, 2.24) is 0 Å². The summed E-state index contributed by atoms with van der Waals surface area (Å²) < 4.78 is 0. The van der Waals surface area contributed by atoms with Gasteiger partial charge in [-0.2, -0.15) is 0 Å². The third kappa shape index (κ3) is 3.59. The SMILES string of the molecule is O=C(CCl)Nc1ccccc1C(=O)Nc1ccccc1. The number of carbonyl (C=O) groups is 2. The Balaban J connectivity index is 2.19. The van der Waals surface area contributed by atoms with E-state index in [1.165, 1.54) is 0 Å². The lowest BCUT2D eigenvalue weighted by molar-refractivity contribution is -0.113. The standard InChI is InChI=1S/C15H13ClN2O2/c16-10-14(19)18-13-9-5-4-8-12(13)15(20)17-11-6-2-1-3-7-11/h1-9H,10H2,(H,17,20)(H,18,19). The molecule has 0 bridgehead atoms. The summed E-state index contributed by atoms with van der Waals surface area (Å²) in [5, 5.41) is 5.36. The average molecular weight is 289 g/mol. The minimum atomic E-state index is -0.355. The van der Waals surface area contributed by atoms with Gasteiger partial charge in [0.1, 0.15) is 5.88 Å². The van der Waals surface area contributed by atoms with Crippen LogP contribution in [0.3, 0.4) is 0 Å². The molecule has 2 rings (SSSR count). The molecule has 2 aromatic rings. The molecule has 0 aromatic heterocycles. The lowest BCUT2D eigenvalue weighted by Gasteiger charge is -2.10. The van der Waals surface area contributed by atoms with Crippen molar-refractivity contribution in [1.29, 1.82) is 0 Å². The molecule has 102 valence electrons. The Labute approximate surface area is 121 Å². The van der Waals surface area contributed by atoms with Gasteiger partial charge in [-0.15, -0.1) is 11.6 Å². The molecule has 0 aliphatic heterocycles. The molecular weight excluding hydrogens is 276 g/mol. The number of amides is 2. The molecule has 2 amide bonds. The second-order valence-corrected chi connectivity index (χ2v) is 4.31. The number of nitrogens with one attached hydrogen (secondary N) is 2. The van der Waals surface area contributed by atoms with Crippen molar-refractivity contribution >= 4 is 34.8 Å². The van der Waals surface area contributed by atoms with E-state index in [-0.39, 0.29) is 17.7 Å². The first-order valence-corrected chi connectivity index (χ1v) is 6.55. The molecule has 0 aliphatic rings. The molecule has 0 fully saturated rings. The van der Waals surface area contributed by atoms with Crippen molar-refractivity contribution in [3.05, 3.63) is 60.2 Å². The van der Waals surface area contributed by atoms with Crippen LogP contribution in [0.5, 0.6) is 0 Å². The Morgan fingerprint density at radius 3 is 2.25 bits per heavy atom. The summed E-state index contributed by atoms with van der Waals surface area (Å²) in [6.07, 6.45) is 0. The van der Waals surface area contributed by atoms with Crippen molar-refractivity contribution < 1.29 is 9.59 Å². The van der Waals surface area contributed by atoms with Crippen LogP contribution in [0.1, 0.15) is 10.4 Å². The van der Waals surface area contributed by atoms with Crippen LogP contribution in [0, 0.1) is 0 Å². The Morgan fingerprint density at radius 1 is 0.900 bits per heavy atom. The summed E-state index contributed by atoms with van der Waals surface area (Å²) in [7, 11) is 0. The number of rotatable bonds is 4. The molecule has 0 heterocycles. The number of alkyl halides is 1. The lowest BCUT2D eigenvalue weighted by Crippen LogP contribution is -2.18. The summed E-state index contributed by atoms with van der Waals surface area (Å²) >= 11 is 5.45. The molecule has 0 spiro atoms. The third-order valence-electron chi connectivity index (χ3n) is 2.60. The van der Waals surface area contributed by atoms with Crippen LogP contribution in [-0.2, 0) is 4.79 Å². The van der Waals surface area contributed by atoms with Crippen molar-refractivity contribution in [3.63, 3.8) is 0 Å². The number of halogens is 1. The van der Waals surface area contributed by atoms with Crippen molar-refractivity contribution in [3.8, 4) is 0 Å². The smallest absolute Gasteiger partial charge is 0.257 e. The van der Waals surface area contributed by atoms with Gasteiger partial charge in [-0.1, -0.05) is 30.3 Å². The third-order valence-corrected chi connectivity index (χ3v) is 2.84. The number of carbonyl (C=O) groups excluding carboxylic acids is 2. The molecule has 4 nitrogen and oxygen atoms in total. The van der Waals surface area contributed by atoms with Crippen LogP contribution in [0.2, 0.25) is 0 Å². The van der Waals surface area contributed by atoms with E-state index in [2.05, 4.69) is 10.6 Å². The summed E-state index contributed by atoms with van der Waals surface area (Å²) in [5.74, 6) is -0.803. The second kappa shape index (κ2) is 6.73. The zero-order valence-electron chi connectivity index (χ0n) is 10.6. The van der Waals surface area contributed by atoms with Gasteiger partial charge in [0.2, 0.25) is 5.91 Å². The average Bonchev–Trinajstić information content (AvgIpc) is 2.48. The fraction of sp³-hybridized carbons (Fsp3) is 0.0667. The Morgan fingerprint density at radius 2 is 1.55 bits per heavy atom. The predicted octanol–water partition coefficient (Wildman–Crippen LogP) is 3.12. The molecule has 5 heteroatoms. The van der Waals surface area contributed by atoms with Gasteiger partial charge >= 0.3 is 0 Å². The number of benzene rings is 2. The summed E-state index contributed by atoms with van der Waals surface area (Å²) in [6.45, 7) is 0. The van der Waals surface area contributed by atoms with Crippen LogP contribution < -0.4 is 10.6 Å². The Hall–Kier alpha value is -2.33. The minimum Gasteiger partial charge on any atom is -0.324 e. The quantitative estimate of drug-likeness (QED) is 0.849. The first-order chi connectivity index (χ1) is 9.70. The lowest BCUT2D eigenvalue weighted by atomic mass is 10.1. The molecule has 0 aliphatic carbocycles. The first-order valence-electron chi connectivity index (χ1n) is 6.02. The van der Waals surface area contributed by atoms with Crippen molar-refractivity contribution in [2.75, 3.05) is 16.5 Å². The predicted molar refractivity (Wildman–Crippen MR) is 80.2 cm³/mol. The summed E-state index contributed by atoms with van der Waals surface area (Å²) in [4.78, 5) is 23.5. The van der Waals surface area contributed by atoms with Crippen LogP contribution >= 0.6 is 11.6 Å². The normalized spacial score (nSPS) is 9.85. The summed E-state index contributed by atoms with van der Waals surface area (Å²) in [6, 6.07) is 15.9. The van der Waals surface area contributed by atoms with E-state index in [0.29, 0.717) is 16.9 Å². The maximum Gasteiger partial charge on any atom is 0.257 e. The molecule has 2 N–H and O–H groups in total. The topological polar surface area (TPSA) is 58.2 Å². The molecule has 2 aromatic carbocycles. The highest BCUT2D eigenvalue weighted by molar-refractivity contribution is 6.29. The van der Waals surface area contributed by atoms with Gasteiger partial charge in [-0.3, -0.25) is 9.59 Å². The Bertz CT molecular complexity index is 614. The van der Waals surface area contributed by atoms with Crippen LogP contribution in [-0.4, -0.2) is 17.7 Å². The van der Waals surface area contributed by atoms with E-state index in [1.807, 2.05) is 18.2 Å². The molecule has 0 unspecified atom stereocenters. The monoisotopic (exact) mass is 288 g/mol. The highest BCUT2D eigenvalue weighted by Gasteiger charge is 2.12. The molecule has 0 atom stereocenters. The second-order valence-electron chi connectivity index (χ2n) is 4.05. The van der Waals surface area contributed by atoms with E-state index in [0.717, 1.165) is 0 Å². The summed E-state index contributed by atoms with van der Waals surface area (Å²) in [5.41, 5.74) is 1.51. The fourth-order valence-electron chi connectivity index (χ4n) is 1.69.